The Labute approximate surface area is 61.3 Å². The minimum atomic E-state index is 0.0465. The van der Waals surface area contributed by atoms with Gasteiger partial charge in [0.15, 0.2) is 0 Å². The van der Waals surface area contributed by atoms with Gasteiger partial charge in [-0.05, 0) is 13.8 Å². The Kier molecular flexibility index (Phi) is 3.40. The van der Waals surface area contributed by atoms with E-state index in [9.17, 15) is 0 Å². The lowest BCUT2D eigenvalue weighted by Gasteiger charge is -2.21. The van der Waals surface area contributed by atoms with Gasteiger partial charge in [0.1, 0.15) is 0 Å². The summed E-state index contributed by atoms with van der Waals surface area (Å²) >= 11 is 8.70. The van der Waals surface area contributed by atoms with Gasteiger partial charge < -0.3 is 5.32 Å². The first-order chi connectivity index (χ1) is 3.62. The third-order valence-electron chi connectivity index (χ3n) is 0.845. The van der Waals surface area contributed by atoms with Gasteiger partial charge in [0.25, 0.3) is 0 Å². The maximum atomic E-state index is 4.60. The standard InChI is InChI=1S/C5H11NS2/c1-5(2,3-7)6-4-8/h4,7H,3H2,1-2H3,(H,6,8). The van der Waals surface area contributed by atoms with Gasteiger partial charge in [-0.15, -0.1) is 0 Å². The Hall–Kier alpha value is 0.240. The summed E-state index contributed by atoms with van der Waals surface area (Å²) < 4.78 is 0. The minimum absolute atomic E-state index is 0.0465. The van der Waals surface area contributed by atoms with Crippen molar-refractivity contribution in [1.82, 2.24) is 5.32 Å². The molecule has 0 heterocycles. The second-order valence-electron chi connectivity index (χ2n) is 2.30. The van der Waals surface area contributed by atoms with E-state index in [1.165, 1.54) is 5.49 Å². The molecule has 0 unspecified atom stereocenters. The third kappa shape index (κ3) is 3.27. The molecule has 0 amide bonds. The van der Waals surface area contributed by atoms with Crippen LogP contribution in [0.5, 0.6) is 0 Å². The highest BCUT2D eigenvalue weighted by Crippen LogP contribution is 2.01. The SMILES string of the molecule is CC(C)(CS)NC=S. The Bertz CT molecular complexity index is 80.5. The van der Waals surface area contributed by atoms with Crippen molar-refractivity contribution in [2.75, 3.05) is 5.75 Å². The van der Waals surface area contributed by atoms with Crippen molar-refractivity contribution in [3.63, 3.8) is 0 Å². The van der Waals surface area contributed by atoms with Crippen LogP contribution in [0.3, 0.4) is 0 Å². The lowest BCUT2D eigenvalue weighted by molar-refractivity contribution is 0.532. The van der Waals surface area contributed by atoms with Crippen molar-refractivity contribution < 1.29 is 0 Å². The quantitative estimate of drug-likeness (QED) is 0.462. The molecule has 0 atom stereocenters. The van der Waals surface area contributed by atoms with Crippen molar-refractivity contribution in [1.29, 1.82) is 0 Å². The molecule has 0 aliphatic heterocycles. The number of hydrogen-bond acceptors (Lipinski definition) is 2. The molecule has 0 saturated carbocycles. The Balaban J connectivity index is 3.53. The van der Waals surface area contributed by atoms with Crippen molar-refractivity contribution in [3.05, 3.63) is 0 Å². The molecular formula is C5H11NS2. The molecule has 0 fully saturated rings. The molecule has 0 radical (unpaired) electrons. The van der Waals surface area contributed by atoms with Crippen LogP contribution in [0, 0.1) is 0 Å². The molecule has 0 aromatic carbocycles. The van der Waals surface area contributed by atoms with E-state index in [1.807, 2.05) is 13.8 Å². The number of rotatable bonds is 3. The van der Waals surface area contributed by atoms with Crippen molar-refractivity contribution in [3.8, 4) is 0 Å². The second kappa shape index (κ2) is 3.30. The largest absolute Gasteiger partial charge is 0.377 e. The van der Waals surface area contributed by atoms with Crippen LogP contribution in [-0.2, 0) is 0 Å². The second-order valence-corrected chi connectivity index (χ2v) is 2.86. The molecule has 0 aromatic rings. The van der Waals surface area contributed by atoms with E-state index in [2.05, 4.69) is 30.2 Å². The van der Waals surface area contributed by atoms with Crippen LogP contribution in [0.4, 0.5) is 0 Å². The van der Waals surface area contributed by atoms with E-state index in [0.717, 1.165) is 5.75 Å². The Morgan fingerprint density at radius 3 is 2.38 bits per heavy atom. The fourth-order valence-corrected chi connectivity index (χ4v) is 0.615. The highest BCUT2D eigenvalue weighted by molar-refractivity contribution is 7.80. The molecule has 1 N–H and O–H groups in total. The lowest BCUT2D eigenvalue weighted by atomic mass is 10.1. The predicted molar refractivity (Wildman–Crippen MR) is 44.7 cm³/mol. The summed E-state index contributed by atoms with van der Waals surface area (Å²) in [5.41, 5.74) is 1.57. The number of thiol groups is 1. The lowest BCUT2D eigenvalue weighted by Crippen LogP contribution is -2.39. The number of nitrogens with one attached hydrogen (secondary N) is 1. The van der Waals surface area contributed by atoms with Gasteiger partial charge in [-0.1, -0.05) is 12.2 Å². The summed E-state index contributed by atoms with van der Waals surface area (Å²) in [6, 6.07) is 0. The maximum absolute atomic E-state index is 4.60. The first kappa shape index (κ1) is 8.24. The molecule has 0 aliphatic rings. The molecule has 0 aliphatic carbocycles. The molecule has 0 rings (SSSR count). The summed E-state index contributed by atoms with van der Waals surface area (Å²) in [7, 11) is 0. The third-order valence-corrected chi connectivity index (χ3v) is 1.75. The first-order valence-electron chi connectivity index (χ1n) is 2.44. The average Bonchev–Trinajstić information content (AvgIpc) is 1.67. The number of thiocarbonyl (C=S) groups is 1. The highest BCUT2D eigenvalue weighted by Gasteiger charge is 2.10. The summed E-state index contributed by atoms with van der Waals surface area (Å²) in [5, 5.41) is 2.98. The maximum Gasteiger partial charge on any atom is 0.0619 e. The van der Waals surface area contributed by atoms with E-state index in [4.69, 9.17) is 0 Å². The Morgan fingerprint density at radius 1 is 1.75 bits per heavy atom. The first-order valence-corrected chi connectivity index (χ1v) is 3.55. The van der Waals surface area contributed by atoms with E-state index in [0.29, 0.717) is 0 Å². The zero-order valence-electron chi connectivity index (χ0n) is 5.14. The molecule has 1 nitrogen and oxygen atoms in total. The summed E-state index contributed by atoms with van der Waals surface area (Å²) in [6.07, 6.45) is 0. The smallest absolute Gasteiger partial charge is 0.0619 e. The summed E-state index contributed by atoms with van der Waals surface area (Å²) in [6.45, 7) is 4.09. The monoisotopic (exact) mass is 149 g/mol. The van der Waals surface area contributed by atoms with Crippen LogP contribution in [0.25, 0.3) is 0 Å². The van der Waals surface area contributed by atoms with E-state index in [-0.39, 0.29) is 5.54 Å². The van der Waals surface area contributed by atoms with Crippen LogP contribution >= 0.6 is 24.8 Å². The van der Waals surface area contributed by atoms with Crippen LogP contribution in [-0.4, -0.2) is 16.8 Å². The van der Waals surface area contributed by atoms with E-state index >= 15 is 0 Å². The van der Waals surface area contributed by atoms with Crippen molar-refractivity contribution in [2.24, 2.45) is 0 Å². The van der Waals surface area contributed by atoms with Gasteiger partial charge in [0.2, 0.25) is 0 Å². The fraction of sp³-hybridized carbons (Fsp3) is 0.800. The Morgan fingerprint density at radius 2 is 2.25 bits per heavy atom. The molecule has 0 bridgehead atoms. The van der Waals surface area contributed by atoms with E-state index in [1.54, 1.807) is 0 Å². The molecule has 0 spiro atoms. The van der Waals surface area contributed by atoms with Gasteiger partial charge in [-0.25, -0.2) is 0 Å². The van der Waals surface area contributed by atoms with Crippen LogP contribution in [0.15, 0.2) is 0 Å². The minimum Gasteiger partial charge on any atom is -0.377 e. The topological polar surface area (TPSA) is 12.0 Å². The van der Waals surface area contributed by atoms with Crippen LogP contribution in [0.1, 0.15) is 13.8 Å². The summed E-state index contributed by atoms with van der Waals surface area (Å²) in [5.74, 6) is 0.792. The highest BCUT2D eigenvalue weighted by atomic mass is 32.1. The molecule has 0 aromatic heterocycles. The van der Waals surface area contributed by atoms with Gasteiger partial charge in [-0.3, -0.25) is 0 Å². The van der Waals surface area contributed by atoms with Gasteiger partial charge in [-0.2, -0.15) is 12.6 Å². The molecular weight excluding hydrogens is 138 g/mol. The normalized spacial score (nSPS) is 10.9. The zero-order valence-corrected chi connectivity index (χ0v) is 6.85. The van der Waals surface area contributed by atoms with Crippen LogP contribution in [0.2, 0.25) is 0 Å². The van der Waals surface area contributed by atoms with Crippen LogP contribution < -0.4 is 5.32 Å². The van der Waals surface area contributed by atoms with Crippen molar-refractivity contribution in [2.45, 2.75) is 19.4 Å². The average molecular weight is 149 g/mol. The number of hydrogen-bond donors (Lipinski definition) is 2. The zero-order chi connectivity index (χ0) is 6.62. The summed E-state index contributed by atoms with van der Waals surface area (Å²) in [4.78, 5) is 0. The van der Waals surface area contributed by atoms with E-state index < -0.39 is 0 Å². The molecule has 48 valence electrons. The molecule has 0 saturated heterocycles. The molecule has 8 heavy (non-hydrogen) atoms. The van der Waals surface area contributed by atoms with Gasteiger partial charge in [0, 0.05) is 11.3 Å². The van der Waals surface area contributed by atoms with Crippen molar-refractivity contribution >= 4 is 30.3 Å². The molecule has 3 heteroatoms. The predicted octanol–water partition coefficient (Wildman–Crippen LogP) is 1.24. The van der Waals surface area contributed by atoms with Gasteiger partial charge in [0.05, 0.1) is 5.49 Å². The fourth-order valence-electron chi connectivity index (χ4n) is 0.205. The van der Waals surface area contributed by atoms with Gasteiger partial charge >= 0.3 is 0 Å².